The van der Waals surface area contributed by atoms with Gasteiger partial charge in [0.05, 0.1) is 17.2 Å². The fourth-order valence-corrected chi connectivity index (χ4v) is 5.59. The number of rotatable bonds is 11. The zero-order chi connectivity index (χ0) is 29.5. The van der Waals surface area contributed by atoms with E-state index < -0.39 is 34.1 Å². The molecule has 3 rings (SSSR count). The fourth-order valence-electron chi connectivity index (χ4n) is 4.15. The number of nitrogens with one attached hydrogen (secondary N) is 1. The molecule has 0 bridgehead atoms. The van der Waals surface area contributed by atoms with E-state index >= 15 is 0 Å². The van der Waals surface area contributed by atoms with Crippen LogP contribution in [0.1, 0.15) is 45.7 Å². The Morgan fingerprint density at radius 3 is 2.10 bits per heavy atom. The third-order valence-corrected chi connectivity index (χ3v) is 8.10. The maximum atomic E-state index is 14.0. The Morgan fingerprint density at radius 1 is 0.925 bits per heavy atom. The molecule has 0 radical (unpaired) electrons. The van der Waals surface area contributed by atoms with Gasteiger partial charge in [-0.25, -0.2) is 8.42 Å². The molecule has 0 heterocycles. The Balaban J connectivity index is 2.04. The summed E-state index contributed by atoms with van der Waals surface area (Å²) >= 11 is 0. The molecule has 0 fully saturated rings. The summed E-state index contributed by atoms with van der Waals surface area (Å²) in [5.74, 6) is -0.246. The zero-order valence-corrected chi connectivity index (χ0v) is 24.9. The number of hydrogen-bond donors (Lipinski definition) is 1. The van der Waals surface area contributed by atoms with Crippen molar-refractivity contribution in [1.29, 1.82) is 0 Å². The Kier molecular flexibility index (Phi) is 9.98. The molecule has 3 aromatic rings. The number of carbonyl (C=O) groups excluding carboxylic acids is 2. The summed E-state index contributed by atoms with van der Waals surface area (Å²) in [7, 11) is -4.12. The van der Waals surface area contributed by atoms with Gasteiger partial charge in [-0.1, -0.05) is 42.5 Å². The lowest BCUT2D eigenvalue weighted by Gasteiger charge is -2.33. The summed E-state index contributed by atoms with van der Waals surface area (Å²) in [5, 5.41) is 2.94. The Hall–Kier alpha value is -3.85. The second-order valence-corrected chi connectivity index (χ2v) is 12.5. The smallest absolute Gasteiger partial charge is 0.264 e. The largest absolute Gasteiger partial charge is 0.494 e. The lowest BCUT2D eigenvalue weighted by atomic mass is 10.1. The highest BCUT2D eigenvalue weighted by Crippen LogP contribution is 2.27. The lowest BCUT2D eigenvalue weighted by Crippen LogP contribution is -2.54. The predicted octanol–water partition coefficient (Wildman–Crippen LogP) is 4.92. The molecule has 9 heteroatoms. The van der Waals surface area contributed by atoms with Crippen LogP contribution in [0.3, 0.4) is 0 Å². The van der Waals surface area contributed by atoms with E-state index in [4.69, 9.17) is 4.74 Å². The number of aryl methyl sites for hydroxylation is 1. The van der Waals surface area contributed by atoms with Crippen LogP contribution in [-0.4, -0.2) is 49.9 Å². The fraction of sp³-hybridized carbons (Fsp3) is 0.355. The molecule has 2 amide bonds. The minimum absolute atomic E-state index is 0.0562. The zero-order valence-electron chi connectivity index (χ0n) is 24.0. The molecule has 0 aliphatic carbocycles. The van der Waals surface area contributed by atoms with Crippen molar-refractivity contribution in [1.82, 2.24) is 10.2 Å². The minimum Gasteiger partial charge on any atom is -0.494 e. The molecule has 0 unspecified atom stereocenters. The Bertz CT molecular complexity index is 1400. The SMILES string of the molecule is CCOc1ccc(N(CC(=O)N(Cc2ccccc2C)[C@@H](C)C(=O)NC(C)(C)C)S(=O)(=O)c2ccccc2)cc1. The van der Waals surface area contributed by atoms with Gasteiger partial charge in [0.15, 0.2) is 0 Å². The number of ether oxygens (including phenoxy) is 1. The number of amides is 2. The van der Waals surface area contributed by atoms with Crippen molar-refractivity contribution < 1.29 is 22.7 Å². The highest BCUT2D eigenvalue weighted by molar-refractivity contribution is 7.92. The standard InChI is InChI=1S/C31H39N3O5S/c1-7-39-27-19-17-26(18-20-27)34(40(37,38)28-15-9-8-10-16-28)22-29(35)33(21-25-14-12-11-13-23(25)2)24(3)30(36)32-31(4,5)6/h8-20,24H,7,21-22H2,1-6H3,(H,32,36)/t24-/m0/s1. The van der Waals surface area contributed by atoms with Gasteiger partial charge in [-0.15, -0.1) is 0 Å². The average Bonchev–Trinajstić information content (AvgIpc) is 2.91. The summed E-state index contributed by atoms with van der Waals surface area (Å²) in [6.45, 7) is 11.2. The molecule has 0 aliphatic rings. The first-order valence-corrected chi connectivity index (χ1v) is 14.7. The van der Waals surface area contributed by atoms with E-state index in [1.54, 1.807) is 49.4 Å². The average molecular weight is 566 g/mol. The molecule has 40 heavy (non-hydrogen) atoms. The molecular formula is C31H39N3O5S. The van der Waals surface area contributed by atoms with E-state index in [1.165, 1.54) is 17.0 Å². The molecular weight excluding hydrogens is 526 g/mol. The summed E-state index contributed by atoms with van der Waals surface area (Å²) in [4.78, 5) is 28.7. The van der Waals surface area contributed by atoms with Crippen LogP contribution in [0.15, 0.2) is 83.8 Å². The minimum atomic E-state index is -4.12. The van der Waals surface area contributed by atoms with Gasteiger partial charge >= 0.3 is 0 Å². The van der Waals surface area contributed by atoms with Gasteiger partial charge in [0.1, 0.15) is 18.3 Å². The van der Waals surface area contributed by atoms with Gasteiger partial charge in [0, 0.05) is 12.1 Å². The molecule has 1 atom stereocenters. The second kappa shape index (κ2) is 13.0. The van der Waals surface area contributed by atoms with Gasteiger partial charge in [-0.05, 0) is 89.1 Å². The highest BCUT2D eigenvalue weighted by Gasteiger charge is 2.33. The maximum Gasteiger partial charge on any atom is 0.264 e. The number of benzene rings is 3. The normalized spacial score (nSPS) is 12.3. The molecule has 0 spiro atoms. The first kappa shape index (κ1) is 30.7. The number of sulfonamides is 1. The summed E-state index contributed by atoms with van der Waals surface area (Å²) in [5.41, 5.74) is 1.63. The van der Waals surface area contributed by atoms with Gasteiger partial charge < -0.3 is 15.0 Å². The van der Waals surface area contributed by atoms with Gasteiger partial charge in [0.2, 0.25) is 11.8 Å². The highest BCUT2D eigenvalue weighted by atomic mass is 32.2. The number of nitrogens with zero attached hydrogens (tertiary/aromatic N) is 2. The van der Waals surface area contributed by atoms with Gasteiger partial charge in [0.25, 0.3) is 10.0 Å². The van der Waals surface area contributed by atoms with E-state index in [0.717, 1.165) is 15.4 Å². The van der Waals surface area contributed by atoms with Crippen molar-refractivity contribution >= 4 is 27.5 Å². The van der Waals surface area contributed by atoms with E-state index in [0.29, 0.717) is 18.0 Å². The number of carbonyl (C=O) groups is 2. The summed E-state index contributed by atoms with van der Waals surface area (Å²) in [6.07, 6.45) is 0. The quantitative estimate of drug-likeness (QED) is 0.356. The van der Waals surface area contributed by atoms with Crippen LogP contribution < -0.4 is 14.4 Å². The van der Waals surface area contributed by atoms with E-state index in [2.05, 4.69) is 5.32 Å². The van der Waals surface area contributed by atoms with Crippen LogP contribution in [-0.2, 0) is 26.2 Å². The first-order valence-electron chi connectivity index (χ1n) is 13.3. The molecule has 0 aromatic heterocycles. The second-order valence-electron chi connectivity index (χ2n) is 10.6. The molecule has 0 saturated heterocycles. The van der Waals surface area contributed by atoms with Crippen molar-refractivity contribution in [3.63, 3.8) is 0 Å². The van der Waals surface area contributed by atoms with Crippen molar-refractivity contribution in [2.75, 3.05) is 17.5 Å². The van der Waals surface area contributed by atoms with Crippen LogP contribution in [0, 0.1) is 6.92 Å². The molecule has 214 valence electrons. The third kappa shape index (κ3) is 7.85. The lowest BCUT2D eigenvalue weighted by molar-refractivity contribution is -0.140. The Labute approximate surface area is 238 Å². The topological polar surface area (TPSA) is 96.0 Å². The van der Waals surface area contributed by atoms with Crippen molar-refractivity contribution in [3.8, 4) is 5.75 Å². The van der Waals surface area contributed by atoms with Gasteiger partial charge in [-0.2, -0.15) is 0 Å². The van der Waals surface area contributed by atoms with E-state index in [-0.39, 0.29) is 17.3 Å². The van der Waals surface area contributed by atoms with Crippen LogP contribution in [0.5, 0.6) is 5.75 Å². The van der Waals surface area contributed by atoms with Crippen molar-refractivity contribution in [2.24, 2.45) is 0 Å². The van der Waals surface area contributed by atoms with Gasteiger partial charge in [-0.3, -0.25) is 13.9 Å². The van der Waals surface area contributed by atoms with Crippen LogP contribution in [0.2, 0.25) is 0 Å². The van der Waals surface area contributed by atoms with Crippen LogP contribution >= 0.6 is 0 Å². The summed E-state index contributed by atoms with van der Waals surface area (Å²) in [6, 6.07) is 21.3. The number of hydrogen-bond acceptors (Lipinski definition) is 5. The molecule has 0 aliphatic heterocycles. The first-order chi connectivity index (χ1) is 18.8. The predicted molar refractivity (Wildman–Crippen MR) is 158 cm³/mol. The molecule has 3 aromatic carbocycles. The number of anilines is 1. The van der Waals surface area contributed by atoms with E-state index in [1.807, 2.05) is 58.9 Å². The maximum absolute atomic E-state index is 14.0. The summed E-state index contributed by atoms with van der Waals surface area (Å²) < 4.78 is 34.3. The molecule has 0 saturated carbocycles. The van der Waals surface area contributed by atoms with Crippen molar-refractivity contribution in [3.05, 3.63) is 90.0 Å². The molecule has 8 nitrogen and oxygen atoms in total. The third-order valence-electron chi connectivity index (χ3n) is 6.31. The monoisotopic (exact) mass is 565 g/mol. The van der Waals surface area contributed by atoms with E-state index in [9.17, 15) is 18.0 Å². The Morgan fingerprint density at radius 2 is 1.52 bits per heavy atom. The van der Waals surface area contributed by atoms with Crippen LogP contribution in [0.25, 0.3) is 0 Å². The molecule has 1 N–H and O–H groups in total. The van der Waals surface area contributed by atoms with Crippen LogP contribution in [0.4, 0.5) is 5.69 Å². The van der Waals surface area contributed by atoms with Crippen molar-refractivity contribution in [2.45, 2.75) is 64.6 Å².